The van der Waals surface area contributed by atoms with Crippen LogP contribution in [-0.4, -0.2) is 17.1 Å². The minimum absolute atomic E-state index is 0.0745. The Hall–Kier alpha value is -1.58. The minimum Gasteiger partial charge on any atom is -0.437 e. The molecule has 1 aromatic heterocycles. The molecule has 4 heteroatoms. The van der Waals surface area contributed by atoms with Crippen molar-refractivity contribution in [2.45, 2.75) is 50.7 Å². The van der Waals surface area contributed by atoms with Gasteiger partial charge in [0.25, 0.3) is 0 Å². The summed E-state index contributed by atoms with van der Waals surface area (Å²) in [5, 5.41) is 2.95. The first-order valence-corrected chi connectivity index (χ1v) is 7.21. The zero-order valence-corrected chi connectivity index (χ0v) is 11.0. The summed E-state index contributed by atoms with van der Waals surface area (Å²) in [7, 11) is 0. The number of ether oxygens (including phenoxy) is 1. The number of pyridine rings is 1. The van der Waals surface area contributed by atoms with Gasteiger partial charge in [-0.15, -0.1) is 0 Å². The summed E-state index contributed by atoms with van der Waals surface area (Å²) in [4.78, 5) is 15.8. The van der Waals surface area contributed by atoms with Crippen LogP contribution in [-0.2, 0) is 4.74 Å². The molecule has 102 valence electrons. The number of carbonyl (C=O) groups is 1. The highest BCUT2D eigenvalue weighted by Gasteiger charge is 2.37. The molecule has 19 heavy (non-hydrogen) atoms. The standard InChI is InChI=1S/C15H20N2O2/c18-15-17-13(10-11-6-2-1-3-7-11)14(19-15)12-8-4-5-9-16-12/h4-5,8-9,11,13-14H,1-3,6-7,10H2,(H,17,18)/t13-,14-/m0/s1. The fourth-order valence-electron chi connectivity index (χ4n) is 3.23. The highest BCUT2D eigenvalue weighted by atomic mass is 16.6. The second-order valence-corrected chi connectivity index (χ2v) is 5.57. The van der Waals surface area contributed by atoms with Gasteiger partial charge in [-0.2, -0.15) is 0 Å². The first-order valence-electron chi connectivity index (χ1n) is 7.21. The number of carbonyl (C=O) groups excluding carboxylic acids is 1. The predicted molar refractivity (Wildman–Crippen MR) is 71.6 cm³/mol. The van der Waals surface area contributed by atoms with Gasteiger partial charge >= 0.3 is 6.09 Å². The lowest BCUT2D eigenvalue weighted by Gasteiger charge is -2.25. The monoisotopic (exact) mass is 260 g/mol. The molecule has 1 saturated heterocycles. The molecule has 1 aliphatic heterocycles. The molecule has 2 atom stereocenters. The van der Waals surface area contributed by atoms with Crippen LogP contribution in [0.4, 0.5) is 4.79 Å². The molecular formula is C15H20N2O2. The molecule has 0 radical (unpaired) electrons. The first-order chi connectivity index (χ1) is 9.33. The SMILES string of the molecule is O=C1N[C@@H](CC2CCCCC2)[C@H](c2ccccn2)O1. The summed E-state index contributed by atoms with van der Waals surface area (Å²) in [6.07, 6.45) is 8.77. The topological polar surface area (TPSA) is 51.2 Å². The number of alkyl carbamates (subject to hydrolysis) is 1. The molecule has 0 aromatic carbocycles. The van der Waals surface area contributed by atoms with E-state index in [4.69, 9.17) is 4.74 Å². The third kappa shape index (κ3) is 2.88. The Labute approximate surface area is 113 Å². The molecule has 1 saturated carbocycles. The number of cyclic esters (lactones) is 1. The molecule has 1 N–H and O–H groups in total. The maximum absolute atomic E-state index is 11.5. The number of rotatable bonds is 3. The van der Waals surface area contributed by atoms with Gasteiger partial charge in [0.1, 0.15) is 0 Å². The molecule has 2 aliphatic rings. The van der Waals surface area contributed by atoms with Crippen molar-refractivity contribution in [1.29, 1.82) is 0 Å². The fourth-order valence-corrected chi connectivity index (χ4v) is 3.23. The van der Waals surface area contributed by atoms with Crippen LogP contribution in [0.5, 0.6) is 0 Å². The summed E-state index contributed by atoms with van der Waals surface area (Å²) in [6.45, 7) is 0. The predicted octanol–water partition coefficient (Wildman–Crippen LogP) is 3.20. The molecular weight excluding hydrogens is 240 g/mol. The quantitative estimate of drug-likeness (QED) is 0.908. The molecule has 4 nitrogen and oxygen atoms in total. The van der Waals surface area contributed by atoms with Crippen LogP contribution >= 0.6 is 0 Å². The van der Waals surface area contributed by atoms with Gasteiger partial charge in [-0.1, -0.05) is 38.2 Å². The Morgan fingerprint density at radius 1 is 1.26 bits per heavy atom. The maximum Gasteiger partial charge on any atom is 0.408 e. The summed E-state index contributed by atoms with van der Waals surface area (Å²) in [6, 6.07) is 5.82. The third-order valence-corrected chi connectivity index (χ3v) is 4.19. The van der Waals surface area contributed by atoms with E-state index in [1.165, 1.54) is 32.1 Å². The average molecular weight is 260 g/mol. The lowest BCUT2D eigenvalue weighted by molar-refractivity contribution is 0.124. The van der Waals surface area contributed by atoms with E-state index < -0.39 is 0 Å². The Morgan fingerprint density at radius 3 is 2.84 bits per heavy atom. The van der Waals surface area contributed by atoms with Gasteiger partial charge in [0.2, 0.25) is 0 Å². The number of hydrogen-bond donors (Lipinski definition) is 1. The Balaban J connectivity index is 1.69. The van der Waals surface area contributed by atoms with E-state index in [-0.39, 0.29) is 18.2 Å². The Kier molecular flexibility index (Phi) is 3.67. The second kappa shape index (κ2) is 5.59. The van der Waals surface area contributed by atoms with Gasteiger partial charge < -0.3 is 10.1 Å². The minimum atomic E-state index is -0.309. The van der Waals surface area contributed by atoms with Gasteiger partial charge in [-0.25, -0.2) is 4.79 Å². The van der Waals surface area contributed by atoms with Gasteiger partial charge in [-0.3, -0.25) is 4.98 Å². The van der Waals surface area contributed by atoms with Gasteiger partial charge in [0.15, 0.2) is 6.10 Å². The lowest BCUT2D eigenvalue weighted by Crippen LogP contribution is -2.31. The van der Waals surface area contributed by atoms with Crippen LogP contribution in [0, 0.1) is 5.92 Å². The molecule has 1 aromatic rings. The van der Waals surface area contributed by atoms with Gasteiger partial charge in [-0.05, 0) is 24.5 Å². The molecule has 3 rings (SSSR count). The Bertz CT molecular complexity index is 429. The number of nitrogens with zero attached hydrogens (tertiary/aromatic N) is 1. The molecule has 1 amide bonds. The van der Waals surface area contributed by atoms with Crippen molar-refractivity contribution in [2.75, 3.05) is 0 Å². The van der Waals surface area contributed by atoms with E-state index in [0.717, 1.165) is 12.1 Å². The fraction of sp³-hybridized carbons (Fsp3) is 0.600. The first kappa shape index (κ1) is 12.5. The van der Waals surface area contributed by atoms with E-state index in [1.807, 2.05) is 18.2 Å². The van der Waals surface area contributed by atoms with Crippen LogP contribution in [0.25, 0.3) is 0 Å². The van der Waals surface area contributed by atoms with E-state index in [9.17, 15) is 4.79 Å². The Morgan fingerprint density at radius 2 is 2.11 bits per heavy atom. The van der Waals surface area contributed by atoms with Crippen molar-refractivity contribution >= 4 is 6.09 Å². The highest BCUT2D eigenvalue weighted by Crippen LogP contribution is 2.33. The number of nitrogens with one attached hydrogen (secondary N) is 1. The van der Waals surface area contributed by atoms with Crippen LogP contribution < -0.4 is 5.32 Å². The van der Waals surface area contributed by atoms with Crippen LogP contribution in [0.3, 0.4) is 0 Å². The molecule has 2 heterocycles. The van der Waals surface area contributed by atoms with Crippen LogP contribution in [0.1, 0.15) is 50.3 Å². The van der Waals surface area contributed by atoms with E-state index in [2.05, 4.69) is 10.3 Å². The van der Waals surface area contributed by atoms with Crippen molar-refractivity contribution < 1.29 is 9.53 Å². The van der Waals surface area contributed by atoms with Gasteiger partial charge in [0.05, 0.1) is 11.7 Å². The smallest absolute Gasteiger partial charge is 0.408 e. The summed E-state index contributed by atoms with van der Waals surface area (Å²) >= 11 is 0. The summed E-state index contributed by atoms with van der Waals surface area (Å²) in [5.41, 5.74) is 0.849. The second-order valence-electron chi connectivity index (χ2n) is 5.57. The zero-order chi connectivity index (χ0) is 13.1. The maximum atomic E-state index is 11.5. The van der Waals surface area contributed by atoms with Crippen molar-refractivity contribution in [3.63, 3.8) is 0 Å². The largest absolute Gasteiger partial charge is 0.437 e. The van der Waals surface area contributed by atoms with Crippen LogP contribution in [0.15, 0.2) is 24.4 Å². The van der Waals surface area contributed by atoms with E-state index in [1.54, 1.807) is 6.20 Å². The molecule has 1 aliphatic carbocycles. The summed E-state index contributed by atoms with van der Waals surface area (Å²) in [5.74, 6) is 0.715. The van der Waals surface area contributed by atoms with Crippen LogP contribution in [0.2, 0.25) is 0 Å². The van der Waals surface area contributed by atoms with Crippen molar-refractivity contribution in [3.05, 3.63) is 30.1 Å². The van der Waals surface area contributed by atoms with Crippen molar-refractivity contribution in [2.24, 2.45) is 5.92 Å². The third-order valence-electron chi connectivity index (χ3n) is 4.19. The van der Waals surface area contributed by atoms with E-state index >= 15 is 0 Å². The highest BCUT2D eigenvalue weighted by molar-refractivity contribution is 5.70. The number of amides is 1. The normalized spacial score (nSPS) is 27.9. The number of hydrogen-bond acceptors (Lipinski definition) is 3. The van der Waals surface area contributed by atoms with Crippen molar-refractivity contribution in [3.8, 4) is 0 Å². The van der Waals surface area contributed by atoms with Gasteiger partial charge in [0, 0.05) is 6.20 Å². The molecule has 0 bridgehead atoms. The zero-order valence-electron chi connectivity index (χ0n) is 11.0. The van der Waals surface area contributed by atoms with Crippen molar-refractivity contribution in [1.82, 2.24) is 10.3 Å². The average Bonchev–Trinajstić information content (AvgIpc) is 2.82. The molecule has 2 fully saturated rings. The van der Waals surface area contributed by atoms with E-state index in [0.29, 0.717) is 5.92 Å². The lowest BCUT2D eigenvalue weighted by atomic mass is 9.83. The molecule has 0 spiro atoms. The molecule has 0 unspecified atom stereocenters. The summed E-state index contributed by atoms with van der Waals surface area (Å²) < 4.78 is 5.39. The number of aromatic nitrogens is 1.